The van der Waals surface area contributed by atoms with Gasteiger partial charge in [-0.1, -0.05) is 6.92 Å². The average Bonchev–Trinajstić information content (AvgIpc) is 2.68. The molecule has 2 rings (SSSR count). The van der Waals surface area contributed by atoms with Crippen molar-refractivity contribution in [2.45, 2.75) is 26.8 Å². The highest BCUT2D eigenvalue weighted by atomic mass is 15.3. The molecule has 5 heteroatoms. The summed E-state index contributed by atoms with van der Waals surface area (Å²) in [6.45, 7) is 12.7. The molecule has 2 N–H and O–H groups in total. The van der Waals surface area contributed by atoms with Crippen LogP contribution in [0.25, 0.3) is 0 Å². The van der Waals surface area contributed by atoms with E-state index in [0.717, 1.165) is 44.2 Å². The molecule has 5 nitrogen and oxygen atoms in total. The first-order valence-electron chi connectivity index (χ1n) is 7.24. The fourth-order valence-corrected chi connectivity index (χ4v) is 2.89. The molecule has 108 valence electrons. The molecule has 0 radical (unpaired) electrons. The molecule has 1 aromatic rings. The molecule has 1 aromatic heterocycles. The van der Waals surface area contributed by atoms with Gasteiger partial charge in [0.15, 0.2) is 0 Å². The van der Waals surface area contributed by atoms with Gasteiger partial charge in [-0.15, -0.1) is 0 Å². The Labute approximate surface area is 116 Å². The number of aryl methyl sites for hydroxylation is 1. The van der Waals surface area contributed by atoms with Crippen LogP contribution in [0, 0.1) is 13.8 Å². The number of nitrogens with zero attached hydrogens (tertiary/aromatic N) is 4. The van der Waals surface area contributed by atoms with Gasteiger partial charge in [-0.05, 0) is 20.4 Å². The molecule has 0 spiro atoms. The largest absolute Gasteiger partial charge is 0.335 e. The van der Waals surface area contributed by atoms with Crippen LogP contribution in [0.2, 0.25) is 0 Å². The Morgan fingerprint density at radius 3 is 2.26 bits per heavy atom. The Hall–Kier alpha value is -0.910. The molecule has 2 heterocycles. The lowest BCUT2D eigenvalue weighted by molar-refractivity contribution is 0.100. The van der Waals surface area contributed by atoms with E-state index < -0.39 is 0 Å². The molecular weight excluding hydrogens is 238 g/mol. The first-order valence-corrected chi connectivity index (χ1v) is 7.24. The second kappa shape index (κ2) is 6.03. The monoisotopic (exact) mass is 265 g/mol. The first kappa shape index (κ1) is 14.5. The van der Waals surface area contributed by atoms with Crippen molar-refractivity contribution in [3.63, 3.8) is 0 Å². The number of likely N-dealkylation sites (N-methyl/N-ethyl adjacent to an activating group) is 1. The van der Waals surface area contributed by atoms with Crippen molar-refractivity contribution in [1.82, 2.24) is 19.4 Å². The van der Waals surface area contributed by atoms with E-state index >= 15 is 0 Å². The van der Waals surface area contributed by atoms with E-state index in [1.165, 1.54) is 5.69 Å². The smallest absolute Gasteiger partial charge is 0.105 e. The van der Waals surface area contributed by atoms with Crippen molar-refractivity contribution in [2.75, 3.05) is 39.3 Å². The molecule has 0 aromatic carbocycles. The predicted molar refractivity (Wildman–Crippen MR) is 78.2 cm³/mol. The van der Waals surface area contributed by atoms with Crippen LogP contribution in [0.15, 0.2) is 0 Å². The van der Waals surface area contributed by atoms with E-state index in [1.807, 2.05) is 0 Å². The maximum absolute atomic E-state index is 6.03. The Morgan fingerprint density at radius 2 is 1.84 bits per heavy atom. The molecule has 0 amide bonds. The molecule has 0 bridgehead atoms. The third kappa shape index (κ3) is 2.83. The Morgan fingerprint density at radius 1 is 1.21 bits per heavy atom. The van der Waals surface area contributed by atoms with Gasteiger partial charge in [0.1, 0.15) is 5.82 Å². The fourth-order valence-electron chi connectivity index (χ4n) is 2.89. The molecule has 1 aliphatic heterocycles. The topological polar surface area (TPSA) is 50.3 Å². The first-order chi connectivity index (χ1) is 9.08. The van der Waals surface area contributed by atoms with Crippen LogP contribution in [0.3, 0.4) is 0 Å². The zero-order chi connectivity index (χ0) is 14.0. The predicted octanol–water partition coefficient (Wildman–Crippen LogP) is 0.674. The van der Waals surface area contributed by atoms with Crippen molar-refractivity contribution in [2.24, 2.45) is 12.8 Å². The number of aromatic nitrogens is 2. The quantitative estimate of drug-likeness (QED) is 0.869. The van der Waals surface area contributed by atoms with Gasteiger partial charge in [0, 0.05) is 45.5 Å². The van der Waals surface area contributed by atoms with Gasteiger partial charge < -0.3 is 15.2 Å². The summed E-state index contributed by atoms with van der Waals surface area (Å²) in [5.41, 5.74) is 8.43. The van der Waals surface area contributed by atoms with Crippen molar-refractivity contribution < 1.29 is 0 Å². The fraction of sp³-hybridized carbons (Fsp3) is 0.786. The maximum atomic E-state index is 6.03. The minimum absolute atomic E-state index is 0.263. The van der Waals surface area contributed by atoms with E-state index in [4.69, 9.17) is 10.7 Å². The highest BCUT2D eigenvalue weighted by Gasteiger charge is 2.27. The van der Waals surface area contributed by atoms with Crippen LogP contribution >= 0.6 is 0 Å². The molecule has 1 atom stereocenters. The second-order valence-corrected chi connectivity index (χ2v) is 5.41. The zero-order valence-electron chi connectivity index (χ0n) is 12.7. The van der Waals surface area contributed by atoms with Crippen LogP contribution in [-0.2, 0) is 7.05 Å². The van der Waals surface area contributed by atoms with Gasteiger partial charge in [0.2, 0.25) is 0 Å². The number of rotatable bonds is 4. The minimum Gasteiger partial charge on any atom is -0.335 e. The zero-order valence-corrected chi connectivity index (χ0v) is 12.7. The second-order valence-electron chi connectivity index (χ2n) is 5.41. The summed E-state index contributed by atoms with van der Waals surface area (Å²) in [5.74, 6) is 1.07. The minimum atomic E-state index is 0.263. The lowest BCUT2D eigenvalue weighted by Crippen LogP contribution is -2.49. The molecular formula is C14H27N5. The van der Waals surface area contributed by atoms with Gasteiger partial charge in [0.05, 0.1) is 11.7 Å². The average molecular weight is 265 g/mol. The summed E-state index contributed by atoms with van der Waals surface area (Å²) in [6, 6.07) is 0.263. The van der Waals surface area contributed by atoms with Crippen molar-refractivity contribution in [3.05, 3.63) is 17.2 Å². The summed E-state index contributed by atoms with van der Waals surface area (Å²) in [7, 11) is 2.07. The molecule has 1 fully saturated rings. The van der Waals surface area contributed by atoms with Crippen LogP contribution in [-0.4, -0.2) is 58.6 Å². The van der Waals surface area contributed by atoms with Crippen LogP contribution in [0.1, 0.15) is 30.2 Å². The third-order valence-electron chi connectivity index (χ3n) is 4.48. The van der Waals surface area contributed by atoms with E-state index in [-0.39, 0.29) is 6.04 Å². The SMILES string of the molecule is CCN1CCN(C(CN)c2nc(C)n(C)c2C)CC1. The summed E-state index contributed by atoms with van der Waals surface area (Å²) in [6.07, 6.45) is 0. The summed E-state index contributed by atoms with van der Waals surface area (Å²) in [4.78, 5) is 9.70. The van der Waals surface area contributed by atoms with E-state index in [1.54, 1.807) is 0 Å². The van der Waals surface area contributed by atoms with Crippen molar-refractivity contribution in [1.29, 1.82) is 0 Å². The van der Waals surface area contributed by atoms with Gasteiger partial charge in [-0.3, -0.25) is 4.90 Å². The lowest BCUT2D eigenvalue weighted by Gasteiger charge is -2.38. The van der Waals surface area contributed by atoms with Gasteiger partial charge in [0.25, 0.3) is 0 Å². The van der Waals surface area contributed by atoms with Crippen molar-refractivity contribution >= 4 is 0 Å². The lowest BCUT2D eigenvalue weighted by atomic mass is 10.1. The Balaban J connectivity index is 2.14. The van der Waals surface area contributed by atoms with Crippen LogP contribution < -0.4 is 5.73 Å². The number of imidazole rings is 1. The van der Waals surface area contributed by atoms with Crippen LogP contribution in [0.4, 0.5) is 0 Å². The summed E-state index contributed by atoms with van der Waals surface area (Å²) < 4.78 is 2.15. The highest BCUT2D eigenvalue weighted by molar-refractivity contribution is 5.19. The standard InChI is InChI=1S/C14H27N5/c1-5-18-6-8-19(9-7-18)13(10-15)14-11(2)17(4)12(3)16-14/h13H,5-10,15H2,1-4H3. The molecule has 0 aliphatic carbocycles. The molecule has 0 saturated carbocycles. The Bertz CT molecular complexity index is 418. The van der Waals surface area contributed by atoms with Crippen molar-refractivity contribution in [3.8, 4) is 0 Å². The van der Waals surface area contributed by atoms with E-state index in [0.29, 0.717) is 6.54 Å². The third-order valence-corrected chi connectivity index (χ3v) is 4.48. The number of hydrogen-bond acceptors (Lipinski definition) is 4. The normalized spacial score (nSPS) is 19.8. The molecule has 1 unspecified atom stereocenters. The van der Waals surface area contributed by atoms with Gasteiger partial charge in [-0.2, -0.15) is 0 Å². The molecule has 1 saturated heterocycles. The van der Waals surface area contributed by atoms with Crippen LogP contribution in [0.5, 0.6) is 0 Å². The highest BCUT2D eigenvalue weighted by Crippen LogP contribution is 2.23. The van der Waals surface area contributed by atoms with Gasteiger partial charge >= 0.3 is 0 Å². The van der Waals surface area contributed by atoms with Gasteiger partial charge in [-0.25, -0.2) is 4.98 Å². The molecule has 19 heavy (non-hydrogen) atoms. The maximum Gasteiger partial charge on any atom is 0.105 e. The Kier molecular flexibility index (Phi) is 4.60. The summed E-state index contributed by atoms with van der Waals surface area (Å²) >= 11 is 0. The number of nitrogens with two attached hydrogens (primary N) is 1. The molecule has 1 aliphatic rings. The van der Waals surface area contributed by atoms with E-state index in [9.17, 15) is 0 Å². The summed E-state index contributed by atoms with van der Waals surface area (Å²) in [5, 5.41) is 0. The number of piperazine rings is 1. The number of hydrogen-bond donors (Lipinski definition) is 1. The van der Waals surface area contributed by atoms with E-state index in [2.05, 4.69) is 42.2 Å².